The van der Waals surface area contributed by atoms with E-state index in [-0.39, 0.29) is 29.4 Å². The van der Waals surface area contributed by atoms with Crippen LogP contribution in [-0.4, -0.2) is 35.9 Å². The van der Waals surface area contributed by atoms with Gasteiger partial charge in [0.05, 0.1) is 12.7 Å². The minimum atomic E-state index is -0.292. The molecule has 2 N–H and O–H groups in total. The summed E-state index contributed by atoms with van der Waals surface area (Å²) in [5, 5.41) is 19.6. The van der Waals surface area contributed by atoms with E-state index in [0.29, 0.717) is 16.9 Å². The molecule has 22 heavy (non-hydrogen) atoms. The Morgan fingerprint density at radius 1 is 1.27 bits per heavy atom. The molecule has 0 amide bonds. The summed E-state index contributed by atoms with van der Waals surface area (Å²) in [6.45, 7) is 1.61. The maximum atomic E-state index is 12.1. The second-order valence-corrected chi connectivity index (χ2v) is 4.79. The van der Waals surface area contributed by atoms with Gasteiger partial charge in [-0.25, -0.2) is 0 Å². The molecule has 2 aromatic carbocycles. The molecule has 0 atom stereocenters. The largest absolute Gasteiger partial charge is 0.507 e. The van der Waals surface area contributed by atoms with Gasteiger partial charge in [-0.3, -0.25) is 9.79 Å². The topological polar surface area (TPSA) is 79.1 Å². The van der Waals surface area contributed by atoms with E-state index in [2.05, 4.69) is 4.99 Å². The van der Waals surface area contributed by atoms with Crippen LogP contribution >= 0.6 is 0 Å². The molecule has 0 bridgehead atoms. The van der Waals surface area contributed by atoms with Crippen molar-refractivity contribution in [3.05, 3.63) is 53.1 Å². The van der Waals surface area contributed by atoms with Crippen molar-refractivity contribution >= 4 is 12.0 Å². The molecule has 0 heterocycles. The summed E-state index contributed by atoms with van der Waals surface area (Å²) >= 11 is 0. The average Bonchev–Trinajstić information content (AvgIpc) is 2.51. The van der Waals surface area contributed by atoms with Crippen molar-refractivity contribution in [2.24, 2.45) is 4.99 Å². The lowest BCUT2D eigenvalue weighted by atomic mass is 10.1. The molecule has 0 aliphatic rings. The molecule has 0 aromatic heterocycles. The minimum Gasteiger partial charge on any atom is -0.507 e. The van der Waals surface area contributed by atoms with Gasteiger partial charge in [-0.1, -0.05) is 12.1 Å². The van der Waals surface area contributed by atoms with Crippen LogP contribution in [0.4, 0.5) is 0 Å². The highest BCUT2D eigenvalue weighted by Gasteiger charge is 2.11. The second-order valence-electron chi connectivity index (χ2n) is 4.79. The predicted molar refractivity (Wildman–Crippen MR) is 84.3 cm³/mol. The standard InChI is InChI=1S/C17H17NO4/c1-11-4-3-5-14(17(11)21)16(20)10-18-9-12-8-13(22-2)6-7-15(12)19/h3-9,19,21H,10H2,1-2H3. The number of ketones is 1. The van der Waals surface area contributed by atoms with Gasteiger partial charge in [-0.15, -0.1) is 0 Å². The first kappa shape index (κ1) is 15.6. The van der Waals surface area contributed by atoms with E-state index < -0.39 is 0 Å². The van der Waals surface area contributed by atoms with E-state index >= 15 is 0 Å². The molecule has 114 valence electrons. The smallest absolute Gasteiger partial charge is 0.187 e. The van der Waals surface area contributed by atoms with Gasteiger partial charge in [0, 0.05) is 11.8 Å². The van der Waals surface area contributed by atoms with E-state index in [0.717, 1.165) is 0 Å². The number of hydrogen-bond donors (Lipinski definition) is 2. The zero-order valence-electron chi connectivity index (χ0n) is 12.4. The number of aliphatic imine (C=N–C) groups is 1. The molecular weight excluding hydrogens is 282 g/mol. The summed E-state index contributed by atoms with van der Waals surface area (Å²) in [5.74, 6) is 0.323. The maximum absolute atomic E-state index is 12.1. The summed E-state index contributed by atoms with van der Waals surface area (Å²) in [6, 6.07) is 9.73. The Labute approximate surface area is 128 Å². The number of aromatic hydroxyl groups is 2. The number of rotatable bonds is 5. The summed E-state index contributed by atoms with van der Waals surface area (Å²) in [5.41, 5.74) is 1.34. The number of carbonyl (C=O) groups is 1. The lowest BCUT2D eigenvalue weighted by Crippen LogP contribution is -2.04. The van der Waals surface area contributed by atoms with Crippen LogP contribution in [0.15, 0.2) is 41.4 Å². The van der Waals surface area contributed by atoms with E-state index in [4.69, 9.17) is 4.74 Å². The fourth-order valence-corrected chi connectivity index (χ4v) is 1.96. The van der Waals surface area contributed by atoms with E-state index in [9.17, 15) is 15.0 Å². The lowest BCUT2D eigenvalue weighted by Gasteiger charge is -2.05. The van der Waals surface area contributed by atoms with Gasteiger partial charge in [0.25, 0.3) is 0 Å². The van der Waals surface area contributed by atoms with Crippen molar-refractivity contribution in [1.82, 2.24) is 0 Å². The summed E-state index contributed by atoms with van der Waals surface area (Å²) in [6.07, 6.45) is 1.41. The Kier molecular flexibility index (Phi) is 4.78. The lowest BCUT2D eigenvalue weighted by molar-refractivity contribution is 0.0999. The Hall–Kier alpha value is -2.82. The molecular formula is C17H17NO4. The number of phenols is 2. The highest BCUT2D eigenvalue weighted by atomic mass is 16.5. The van der Waals surface area contributed by atoms with E-state index in [1.165, 1.54) is 19.4 Å². The number of carbonyl (C=O) groups excluding carboxylic acids is 1. The number of nitrogens with zero attached hydrogens (tertiary/aromatic N) is 1. The molecule has 0 unspecified atom stereocenters. The van der Waals surface area contributed by atoms with Crippen LogP contribution in [0.5, 0.6) is 17.2 Å². The minimum absolute atomic E-state index is 0.0214. The molecule has 0 saturated carbocycles. The van der Waals surface area contributed by atoms with Crippen LogP contribution in [0.1, 0.15) is 21.5 Å². The third-order valence-corrected chi connectivity index (χ3v) is 3.24. The summed E-state index contributed by atoms with van der Waals surface area (Å²) in [7, 11) is 1.53. The first-order valence-corrected chi connectivity index (χ1v) is 6.71. The number of hydrogen-bond acceptors (Lipinski definition) is 5. The van der Waals surface area contributed by atoms with Gasteiger partial charge in [0.15, 0.2) is 5.78 Å². The molecule has 5 heteroatoms. The van der Waals surface area contributed by atoms with Crippen LogP contribution in [0.25, 0.3) is 0 Å². The molecule has 0 aliphatic heterocycles. The number of aryl methyl sites for hydroxylation is 1. The van der Waals surface area contributed by atoms with Gasteiger partial charge < -0.3 is 14.9 Å². The van der Waals surface area contributed by atoms with Crippen molar-refractivity contribution in [2.75, 3.05) is 13.7 Å². The van der Waals surface area contributed by atoms with Gasteiger partial charge in [0.1, 0.15) is 23.8 Å². The normalized spacial score (nSPS) is 10.8. The number of para-hydroxylation sites is 1. The molecule has 2 aromatic rings. The van der Waals surface area contributed by atoms with Crippen LogP contribution in [0.3, 0.4) is 0 Å². The van der Waals surface area contributed by atoms with Crippen LogP contribution in [0, 0.1) is 6.92 Å². The van der Waals surface area contributed by atoms with E-state index in [1.807, 2.05) is 0 Å². The first-order chi connectivity index (χ1) is 10.5. The first-order valence-electron chi connectivity index (χ1n) is 6.71. The third-order valence-electron chi connectivity index (χ3n) is 3.24. The molecule has 0 radical (unpaired) electrons. The molecule has 0 fully saturated rings. The molecule has 2 rings (SSSR count). The van der Waals surface area contributed by atoms with Crippen LogP contribution < -0.4 is 4.74 Å². The van der Waals surface area contributed by atoms with Crippen molar-refractivity contribution in [1.29, 1.82) is 0 Å². The highest BCUT2D eigenvalue weighted by Crippen LogP contribution is 2.23. The van der Waals surface area contributed by atoms with Gasteiger partial charge >= 0.3 is 0 Å². The zero-order chi connectivity index (χ0) is 16.1. The monoisotopic (exact) mass is 299 g/mol. The average molecular weight is 299 g/mol. The van der Waals surface area contributed by atoms with Crippen molar-refractivity contribution in [3.63, 3.8) is 0 Å². The van der Waals surface area contributed by atoms with Gasteiger partial charge in [-0.2, -0.15) is 0 Å². The number of ether oxygens (including phenoxy) is 1. The Balaban J connectivity index is 2.12. The summed E-state index contributed by atoms with van der Waals surface area (Å²) in [4.78, 5) is 16.1. The Bertz CT molecular complexity index is 723. The fraction of sp³-hybridized carbons (Fsp3) is 0.176. The van der Waals surface area contributed by atoms with E-state index in [1.54, 1.807) is 37.3 Å². The number of Topliss-reactive ketones (excluding diaryl/α,β-unsaturated/α-hetero) is 1. The Morgan fingerprint density at radius 2 is 2.05 bits per heavy atom. The fourth-order valence-electron chi connectivity index (χ4n) is 1.96. The second kappa shape index (κ2) is 6.76. The SMILES string of the molecule is COc1ccc(O)c(C=NCC(=O)c2cccc(C)c2O)c1. The molecule has 0 spiro atoms. The van der Waals surface area contributed by atoms with Crippen molar-refractivity contribution in [2.45, 2.75) is 6.92 Å². The number of benzene rings is 2. The quantitative estimate of drug-likeness (QED) is 0.657. The number of phenolic OH excluding ortho intramolecular Hbond substituents is 2. The van der Waals surface area contributed by atoms with Crippen LogP contribution in [0.2, 0.25) is 0 Å². The number of methoxy groups -OCH3 is 1. The predicted octanol–water partition coefficient (Wildman–Crippen LogP) is 2.72. The van der Waals surface area contributed by atoms with Crippen molar-refractivity contribution < 1.29 is 19.7 Å². The van der Waals surface area contributed by atoms with Gasteiger partial charge in [-0.05, 0) is 36.8 Å². The maximum Gasteiger partial charge on any atom is 0.187 e. The van der Waals surface area contributed by atoms with Crippen LogP contribution in [-0.2, 0) is 0 Å². The third kappa shape index (κ3) is 3.44. The molecule has 0 aliphatic carbocycles. The van der Waals surface area contributed by atoms with Gasteiger partial charge in [0.2, 0.25) is 0 Å². The summed E-state index contributed by atoms with van der Waals surface area (Å²) < 4.78 is 5.06. The zero-order valence-corrected chi connectivity index (χ0v) is 12.4. The van der Waals surface area contributed by atoms with Crippen molar-refractivity contribution in [3.8, 4) is 17.2 Å². The Morgan fingerprint density at radius 3 is 2.77 bits per heavy atom. The molecule has 0 saturated heterocycles. The molecule has 5 nitrogen and oxygen atoms in total. The highest BCUT2D eigenvalue weighted by molar-refractivity contribution is 6.01.